The number of furan rings is 1. The number of nitriles is 1. The number of aryl methyl sites for hydroxylation is 2. The number of rotatable bonds is 3. The molecule has 3 heteroatoms. The summed E-state index contributed by atoms with van der Waals surface area (Å²) >= 11 is 0. The highest BCUT2D eigenvalue weighted by Crippen LogP contribution is 2.44. The number of hydrogen-bond donors (Lipinski definition) is 0. The number of hydrogen-bond acceptors (Lipinski definition) is 2. The van der Waals surface area contributed by atoms with Gasteiger partial charge >= 0.3 is 0 Å². The molecule has 0 radical (unpaired) electrons. The molecule has 7 aromatic rings. The highest BCUT2D eigenvalue weighted by Gasteiger charge is 2.24. The number of benzene rings is 5. The molecule has 7 rings (SSSR count). The fraction of sp³-hybridized carbons (Fsp3) is 0.135. The van der Waals surface area contributed by atoms with Gasteiger partial charge in [0.25, 0.3) is 0 Å². The molecule has 0 atom stereocenters. The van der Waals surface area contributed by atoms with E-state index in [1.807, 2.05) is 48.5 Å². The highest BCUT2D eigenvalue weighted by atomic mass is 16.3. The van der Waals surface area contributed by atoms with Gasteiger partial charge < -0.3 is 4.42 Å². The molecule has 192 valence electrons. The van der Waals surface area contributed by atoms with Gasteiger partial charge in [-0.2, -0.15) is 5.26 Å². The first-order valence-corrected chi connectivity index (χ1v) is 13.7. The molecule has 5 aromatic carbocycles. The molecule has 2 aromatic heterocycles. The van der Waals surface area contributed by atoms with Crippen LogP contribution < -0.4 is 4.57 Å². The van der Waals surface area contributed by atoms with Crippen LogP contribution in [0.15, 0.2) is 102 Å². The van der Waals surface area contributed by atoms with E-state index in [0.29, 0.717) is 28.7 Å². The maximum absolute atomic E-state index is 10.3. The summed E-state index contributed by atoms with van der Waals surface area (Å²) in [4.78, 5) is 0. The quantitative estimate of drug-likeness (QED) is 0.173. The second-order valence-corrected chi connectivity index (χ2v) is 10.9. The Kier molecular flexibility index (Phi) is 5.21. The van der Waals surface area contributed by atoms with E-state index in [9.17, 15) is 6.63 Å². The summed E-state index contributed by atoms with van der Waals surface area (Å²) in [5, 5.41) is 16.1. The predicted octanol–water partition coefficient (Wildman–Crippen LogP) is 9.35. The van der Waals surface area contributed by atoms with Crippen LogP contribution in [0, 0.1) is 18.3 Å². The SMILES string of the molecule is [2H]c1c(-c2c(C#N)ccc3c2oc2c(-c4cc(C(C)C)cc[n+]4C)c(C)ccc23)c2ccccc2c2ccccc12. The fourth-order valence-electron chi connectivity index (χ4n) is 6.02. The van der Waals surface area contributed by atoms with Crippen LogP contribution in [-0.4, -0.2) is 0 Å². The van der Waals surface area contributed by atoms with Crippen molar-refractivity contribution in [3.05, 3.63) is 114 Å². The minimum Gasteiger partial charge on any atom is -0.454 e. The molecule has 0 unspecified atom stereocenters. The molecule has 0 saturated heterocycles. The van der Waals surface area contributed by atoms with E-state index < -0.39 is 0 Å². The summed E-state index contributed by atoms with van der Waals surface area (Å²) in [6.45, 7) is 6.52. The van der Waals surface area contributed by atoms with Crippen LogP contribution in [0.1, 0.15) is 37.8 Å². The maximum atomic E-state index is 10.3. The summed E-state index contributed by atoms with van der Waals surface area (Å²) in [6, 6.07) is 31.5. The third kappa shape index (κ3) is 3.53. The number of fused-ring (bicyclic) bond motifs is 6. The van der Waals surface area contributed by atoms with E-state index in [4.69, 9.17) is 4.42 Å². The van der Waals surface area contributed by atoms with Gasteiger partial charge in [0.15, 0.2) is 6.20 Å². The van der Waals surface area contributed by atoms with Crippen molar-refractivity contribution in [1.82, 2.24) is 0 Å². The zero-order valence-corrected chi connectivity index (χ0v) is 23.0. The van der Waals surface area contributed by atoms with Gasteiger partial charge in [0.05, 0.1) is 18.6 Å². The third-order valence-electron chi connectivity index (χ3n) is 8.16. The summed E-state index contributed by atoms with van der Waals surface area (Å²) in [6.07, 6.45) is 2.11. The van der Waals surface area contributed by atoms with Gasteiger partial charge in [-0.05, 0) is 69.3 Å². The topological polar surface area (TPSA) is 40.8 Å². The lowest BCUT2D eigenvalue weighted by Crippen LogP contribution is -2.31. The smallest absolute Gasteiger partial charge is 0.216 e. The molecule has 0 saturated carbocycles. The lowest BCUT2D eigenvalue weighted by atomic mass is 9.90. The van der Waals surface area contributed by atoms with E-state index in [0.717, 1.165) is 60.3 Å². The lowest BCUT2D eigenvalue weighted by molar-refractivity contribution is -0.660. The van der Waals surface area contributed by atoms with Gasteiger partial charge in [-0.3, -0.25) is 0 Å². The molecule has 0 spiro atoms. The molecule has 0 N–H and O–H groups in total. The van der Waals surface area contributed by atoms with Gasteiger partial charge in [-0.1, -0.05) is 74.5 Å². The molecule has 0 fully saturated rings. The Morgan fingerprint density at radius 3 is 2.23 bits per heavy atom. The first kappa shape index (κ1) is 23.0. The van der Waals surface area contributed by atoms with Gasteiger partial charge in [-0.15, -0.1) is 0 Å². The van der Waals surface area contributed by atoms with Crippen LogP contribution in [0.4, 0.5) is 0 Å². The fourth-order valence-corrected chi connectivity index (χ4v) is 6.02. The van der Waals surface area contributed by atoms with E-state index >= 15 is 0 Å². The minimum atomic E-state index is 0.395. The third-order valence-corrected chi connectivity index (χ3v) is 8.16. The Balaban J connectivity index is 1.64. The lowest BCUT2D eigenvalue weighted by Gasteiger charge is -2.12. The molecule has 40 heavy (non-hydrogen) atoms. The molecule has 0 amide bonds. The Labute approximate surface area is 234 Å². The summed E-state index contributed by atoms with van der Waals surface area (Å²) in [5.41, 5.74) is 7.85. The average molecular weight is 519 g/mol. The first-order valence-electron chi connectivity index (χ1n) is 14.2. The van der Waals surface area contributed by atoms with Gasteiger partial charge in [-0.25, -0.2) is 4.57 Å². The Morgan fingerprint density at radius 2 is 1.48 bits per heavy atom. The van der Waals surface area contributed by atoms with Gasteiger partial charge in [0.2, 0.25) is 5.69 Å². The highest BCUT2D eigenvalue weighted by molar-refractivity contribution is 6.19. The first-order chi connectivity index (χ1) is 19.9. The second kappa shape index (κ2) is 9.07. The van der Waals surface area contributed by atoms with E-state index in [1.165, 1.54) is 5.56 Å². The van der Waals surface area contributed by atoms with Crippen LogP contribution in [-0.2, 0) is 7.05 Å². The molecule has 0 bridgehead atoms. The van der Waals surface area contributed by atoms with Crippen LogP contribution in [0.25, 0.3) is 65.9 Å². The number of pyridine rings is 1. The van der Waals surface area contributed by atoms with Crippen molar-refractivity contribution in [1.29, 1.82) is 5.26 Å². The molecule has 3 nitrogen and oxygen atoms in total. The number of nitrogens with zero attached hydrogens (tertiary/aromatic N) is 2. The molecule has 0 aliphatic carbocycles. The summed E-state index contributed by atoms with van der Waals surface area (Å²) in [5.74, 6) is 0.395. The maximum Gasteiger partial charge on any atom is 0.216 e. The Morgan fingerprint density at radius 1 is 0.800 bits per heavy atom. The van der Waals surface area contributed by atoms with Crippen molar-refractivity contribution in [2.75, 3.05) is 0 Å². The van der Waals surface area contributed by atoms with Crippen LogP contribution in [0.3, 0.4) is 0 Å². The second-order valence-electron chi connectivity index (χ2n) is 10.9. The monoisotopic (exact) mass is 518 g/mol. The molecule has 2 heterocycles. The Hall–Kier alpha value is -4.94. The van der Waals surface area contributed by atoms with Crippen molar-refractivity contribution in [3.8, 4) is 28.5 Å². The van der Waals surface area contributed by atoms with Crippen molar-refractivity contribution in [3.63, 3.8) is 0 Å². The van der Waals surface area contributed by atoms with Crippen molar-refractivity contribution >= 4 is 43.5 Å². The Bertz CT molecular complexity index is 2230. The predicted molar refractivity (Wildman–Crippen MR) is 164 cm³/mol. The standard InChI is InChI=1S/C37H29N2O/c1-22(2)24-17-18-39(4)33(20-24)34-23(3)13-15-30-31-16-14-26(21-38)35(37(31)40-36(30)34)32-19-25-9-5-6-10-27(25)28-11-7-8-12-29(28)32/h5-20,22H,1-4H3/q+1/i19D. The van der Waals surface area contributed by atoms with Crippen LogP contribution in [0.2, 0.25) is 0 Å². The van der Waals surface area contributed by atoms with E-state index in [1.54, 1.807) is 0 Å². The van der Waals surface area contributed by atoms with Crippen LogP contribution in [0.5, 0.6) is 0 Å². The summed E-state index contributed by atoms with van der Waals surface area (Å²) in [7, 11) is 2.06. The van der Waals surface area contributed by atoms with E-state index in [2.05, 4.69) is 81.1 Å². The molecular formula is C37H29N2O+. The minimum absolute atomic E-state index is 0.395. The van der Waals surface area contributed by atoms with Gasteiger partial charge in [0, 0.05) is 28.5 Å². The zero-order valence-electron chi connectivity index (χ0n) is 24.0. The number of aromatic nitrogens is 1. The molecule has 0 aliphatic heterocycles. The van der Waals surface area contributed by atoms with Crippen molar-refractivity contribution in [2.45, 2.75) is 26.7 Å². The largest absolute Gasteiger partial charge is 0.454 e. The van der Waals surface area contributed by atoms with Crippen LogP contribution >= 0.6 is 0 Å². The van der Waals surface area contributed by atoms with Crippen molar-refractivity contribution < 1.29 is 10.4 Å². The molecular weight excluding hydrogens is 488 g/mol. The van der Waals surface area contributed by atoms with E-state index in [-0.39, 0.29) is 0 Å². The molecule has 0 aliphatic rings. The average Bonchev–Trinajstić information content (AvgIpc) is 3.36. The normalized spacial score (nSPS) is 12.1. The van der Waals surface area contributed by atoms with Gasteiger partial charge in [0.1, 0.15) is 18.2 Å². The zero-order chi connectivity index (χ0) is 28.4. The van der Waals surface area contributed by atoms with Crippen molar-refractivity contribution in [2.24, 2.45) is 7.05 Å². The summed E-state index contributed by atoms with van der Waals surface area (Å²) < 4.78 is 18.4.